The number of aryl methyl sites for hydroxylation is 2. The van der Waals surface area contributed by atoms with Crippen molar-refractivity contribution < 1.29 is 14.6 Å². The van der Waals surface area contributed by atoms with Gasteiger partial charge in [-0.15, -0.1) is 11.3 Å². The largest absolute Gasteiger partial charge is 0.497 e. The molecule has 1 unspecified atom stereocenters. The first-order valence-corrected chi connectivity index (χ1v) is 8.56. The van der Waals surface area contributed by atoms with E-state index in [1.54, 1.807) is 42.7 Å². The highest BCUT2D eigenvalue weighted by molar-refractivity contribution is 7.11. The van der Waals surface area contributed by atoms with Crippen LogP contribution in [0.2, 0.25) is 0 Å². The highest BCUT2D eigenvalue weighted by atomic mass is 32.1. The van der Waals surface area contributed by atoms with Crippen molar-refractivity contribution in [1.29, 1.82) is 0 Å². The quantitative estimate of drug-likeness (QED) is 0.849. The number of carbonyl (C=O) groups is 1. The maximum absolute atomic E-state index is 12.0. The van der Waals surface area contributed by atoms with Gasteiger partial charge in [0, 0.05) is 17.8 Å². The van der Waals surface area contributed by atoms with Gasteiger partial charge in [0.2, 0.25) is 0 Å². The molecule has 0 spiro atoms. The van der Waals surface area contributed by atoms with Crippen molar-refractivity contribution in [2.45, 2.75) is 31.8 Å². The Morgan fingerprint density at radius 2 is 2.17 bits per heavy atom. The monoisotopic (exact) mass is 332 g/mol. The highest BCUT2D eigenvalue weighted by Crippen LogP contribution is 2.27. The van der Waals surface area contributed by atoms with Crippen molar-refractivity contribution in [3.63, 3.8) is 0 Å². The number of amides is 1. The first kappa shape index (κ1) is 16.0. The minimum absolute atomic E-state index is 0.390. The third kappa shape index (κ3) is 3.71. The van der Waals surface area contributed by atoms with Crippen LogP contribution >= 0.6 is 11.3 Å². The molecule has 1 atom stereocenters. The van der Waals surface area contributed by atoms with E-state index in [2.05, 4.69) is 10.3 Å². The maximum atomic E-state index is 12.0. The fourth-order valence-corrected chi connectivity index (χ4v) is 3.83. The van der Waals surface area contributed by atoms with Gasteiger partial charge in [-0.2, -0.15) is 0 Å². The second kappa shape index (κ2) is 7.10. The predicted molar refractivity (Wildman–Crippen MR) is 88.8 cm³/mol. The van der Waals surface area contributed by atoms with E-state index in [1.165, 1.54) is 17.0 Å². The lowest BCUT2D eigenvalue weighted by molar-refractivity contribution is -0.129. The molecule has 0 saturated heterocycles. The Balaban J connectivity index is 1.49. The number of aromatic nitrogens is 1. The van der Waals surface area contributed by atoms with Crippen molar-refractivity contribution >= 4 is 17.2 Å². The van der Waals surface area contributed by atoms with Crippen molar-refractivity contribution in [2.24, 2.45) is 0 Å². The van der Waals surface area contributed by atoms with Crippen LogP contribution in [0.15, 0.2) is 24.3 Å². The van der Waals surface area contributed by atoms with E-state index >= 15 is 0 Å². The van der Waals surface area contributed by atoms with Crippen LogP contribution in [0.5, 0.6) is 5.75 Å². The van der Waals surface area contributed by atoms with Gasteiger partial charge in [0.1, 0.15) is 5.75 Å². The normalized spacial score (nSPS) is 14.3. The van der Waals surface area contributed by atoms with E-state index in [-0.39, 0.29) is 5.91 Å². The van der Waals surface area contributed by atoms with Crippen LogP contribution in [0.25, 0.3) is 0 Å². The molecule has 5 nitrogen and oxygen atoms in total. The average molecular weight is 332 g/mol. The van der Waals surface area contributed by atoms with Gasteiger partial charge in [-0.1, -0.05) is 12.1 Å². The molecule has 1 aromatic heterocycles. The highest BCUT2D eigenvalue weighted by Gasteiger charge is 2.18. The number of ether oxygens (including phenoxy) is 1. The summed E-state index contributed by atoms with van der Waals surface area (Å²) in [5, 5.41) is 13.9. The van der Waals surface area contributed by atoms with Crippen molar-refractivity contribution in [3.8, 4) is 5.75 Å². The number of hydrogen-bond donors (Lipinski definition) is 2. The number of rotatable bonds is 6. The lowest BCUT2D eigenvalue weighted by atomic mass is 10.1. The Morgan fingerprint density at radius 3 is 2.87 bits per heavy atom. The van der Waals surface area contributed by atoms with Gasteiger partial charge in [-0.3, -0.25) is 4.79 Å². The lowest BCUT2D eigenvalue weighted by Crippen LogP contribution is -2.30. The molecule has 6 heteroatoms. The number of fused-ring (bicyclic) bond motifs is 1. The number of aliphatic hydroxyl groups excluding tert-OH is 1. The smallest absolute Gasteiger partial charge is 0.253 e. The standard InChI is InChI=1S/C17H20N2O3S/c1-22-12-7-5-11(6-8-12)16(20)17(21)18-10-9-15-19-13-3-2-4-14(13)23-15/h5-8,16,20H,2-4,9-10H2,1H3,(H,18,21). The molecule has 0 bridgehead atoms. The average Bonchev–Trinajstić information content (AvgIpc) is 3.15. The molecule has 23 heavy (non-hydrogen) atoms. The molecular formula is C17H20N2O3S. The predicted octanol–water partition coefficient (Wildman–Crippen LogP) is 2.03. The summed E-state index contributed by atoms with van der Waals surface area (Å²) >= 11 is 1.74. The van der Waals surface area contributed by atoms with Gasteiger partial charge in [-0.05, 0) is 37.0 Å². The van der Waals surface area contributed by atoms with Crippen LogP contribution in [-0.2, 0) is 24.1 Å². The Labute approximate surface area is 139 Å². The number of benzene rings is 1. The Bertz CT molecular complexity index is 660. The fourth-order valence-electron chi connectivity index (χ4n) is 2.68. The summed E-state index contributed by atoms with van der Waals surface area (Å²) in [4.78, 5) is 18.0. The molecule has 3 rings (SSSR count). The lowest BCUT2D eigenvalue weighted by Gasteiger charge is -2.11. The van der Waals surface area contributed by atoms with Gasteiger partial charge >= 0.3 is 0 Å². The van der Waals surface area contributed by atoms with E-state index < -0.39 is 6.10 Å². The Hall–Kier alpha value is -1.92. The molecule has 0 aliphatic heterocycles. The summed E-state index contributed by atoms with van der Waals surface area (Å²) in [6.07, 6.45) is 2.96. The van der Waals surface area contributed by atoms with Crippen molar-refractivity contribution in [1.82, 2.24) is 10.3 Å². The van der Waals surface area contributed by atoms with Gasteiger partial charge in [0.15, 0.2) is 6.10 Å². The summed E-state index contributed by atoms with van der Waals surface area (Å²) < 4.78 is 5.06. The number of carbonyl (C=O) groups excluding carboxylic acids is 1. The minimum Gasteiger partial charge on any atom is -0.497 e. The molecule has 1 aliphatic carbocycles. The molecular weight excluding hydrogens is 312 g/mol. The Kier molecular flexibility index (Phi) is 4.93. The van der Waals surface area contributed by atoms with Gasteiger partial charge in [0.05, 0.1) is 17.8 Å². The van der Waals surface area contributed by atoms with E-state index in [1.807, 2.05) is 0 Å². The molecule has 0 radical (unpaired) electrons. The van der Waals surface area contributed by atoms with E-state index in [9.17, 15) is 9.90 Å². The van der Waals surface area contributed by atoms with Crippen LogP contribution in [-0.4, -0.2) is 29.7 Å². The van der Waals surface area contributed by atoms with E-state index in [0.29, 0.717) is 24.3 Å². The second-order valence-corrected chi connectivity index (χ2v) is 6.72. The molecule has 1 aromatic carbocycles. The molecule has 2 N–H and O–H groups in total. The zero-order valence-electron chi connectivity index (χ0n) is 13.0. The summed E-state index contributed by atoms with van der Waals surface area (Å²) in [6.45, 7) is 0.485. The molecule has 1 heterocycles. The number of nitrogens with one attached hydrogen (secondary N) is 1. The summed E-state index contributed by atoms with van der Waals surface area (Å²) in [5.74, 6) is 0.303. The summed E-state index contributed by atoms with van der Waals surface area (Å²) in [5.41, 5.74) is 1.78. The number of thiazole rings is 1. The van der Waals surface area contributed by atoms with Crippen molar-refractivity contribution in [3.05, 3.63) is 45.4 Å². The molecule has 122 valence electrons. The van der Waals surface area contributed by atoms with Gasteiger partial charge in [-0.25, -0.2) is 4.98 Å². The number of aliphatic hydroxyl groups is 1. The van der Waals surface area contributed by atoms with E-state index in [4.69, 9.17) is 4.74 Å². The number of methoxy groups -OCH3 is 1. The summed E-state index contributed by atoms with van der Waals surface area (Å²) in [6, 6.07) is 6.83. The van der Waals surface area contributed by atoms with Gasteiger partial charge < -0.3 is 15.2 Å². The molecule has 1 amide bonds. The summed E-state index contributed by atoms with van der Waals surface area (Å²) in [7, 11) is 1.58. The van der Waals surface area contributed by atoms with Crippen LogP contribution in [0.1, 0.15) is 33.7 Å². The van der Waals surface area contributed by atoms with Gasteiger partial charge in [0.25, 0.3) is 5.91 Å². The number of hydrogen-bond acceptors (Lipinski definition) is 5. The maximum Gasteiger partial charge on any atom is 0.253 e. The zero-order valence-corrected chi connectivity index (χ0v) is 13.9. The molecule has 2 aromatic rings. The topological polar surface area (TPSA) is 71.5 Å². The molecule has 0 saturated carbocycles. The first-order valence-electron chi connectivity index (χ1n) is 7.74. The SMILES string of the molecule is COc1ccc(C(O)C(=O)NCCc2nc3c(s2)CCC3)cc1. The van der Waals surface area contributed by atoms with E-state index in [0.717, 1.165) is 17.8 Å². The van der Waals surface area contributed by atoms with Crippen molar-refractivity contribution in [2.75, 3.05) is 13.7 Å². The number of nitrogens with zero attached hydrogens (tertiary/aromatic N) is 1. The fraction of sp³-hybridized carbons (Fsp3) is 0.412. The third-order valence-electron chi connectivity index (χ3n) is 3.96. The second-order valence-electron chi connectivity index (χ2n) is 5.55. The van der Waals surface area contributed by atoms with Crippen LogP contribution in [0, 0.1) is 0 Å². The molecule has 0 fully saturated rings. The van der Waals surface area contributed by atoms with Crippen LogP contribution < -0.4 is 10.1 Å². The zero-order chi connectivity index (χ0) is 16.2. The molecule has 1 aliphatic rings. The first-order chi connectivity index (χ1) is 11.2. The van der Waals surface area contributed by atoms with Crippen LogP contribution in [0.4, 0.5) is 0 Å². The minimum atomic E-state index is -1.16. The van der Waals surface area contributed by atoms with Crippen LogP contribution in [0.3, 0.4) is 0 Å². The third-order valence-corrected chi connectivity index (χ3v) is 5.18. The Morgan fingerprint density at radius 1 is 1.39 bits per heavy atom.